The fraction of sp³-hybridized carbons (Fsp3) is 0.462. The first-order chi connectivity index (χ1) is 8.04. The van der Waals surface area contributed by atoms with Crippen LogP contribution in [0.1, 0.15) is 25.5 Å². The molecule has 0 saturated carbocycles. The summed E-state index contributed by atoms with van der Waals surface area (Å²) in [5, 5.41) is 6.01. The van der Waals surface area contributed by atoms with Gasteiger partial charge in [-0.3, -0.25) is 4.79 Å². The summed E-state index contributed by atoms with van der Waals surface area (Å²) in [7, 11) is 1.85. The Balaban J connectivity index is 2.57. The molecule has 0 fully saturated rings. The molecule has 0 heterocycles. The zero-order valence-corrected chi connectivity index (χ0v) is 12.0. The highest BCUT2D eigenvalue weighted by Crippen LogP contribution is 2.16. The van der Waals surface area contributed by atoms with Crippen LogP contribution in [-0.2, 0) is 4.79 Å². The van der Waals surface area contributed by atoms with E-state index in [-0.39, 0.29) is 17.9 Å². The predicted octanol–water partition coefficient (Wildman–Crippen LogP) is 2.48. The maximum absolute atomic E-state index is 11.8. The molecule has 1 aromatic carbocycles. The fourth-order valence-electron chi connectivity index (χ4n) is 1.59. The summed E-state index contributed by atoms with van der Waals surface area (Å²) in [6, 6.07) is 8.02. The molecule has 0 aliphatic heterocycles. The number of nitrogens with one attached hydrogen (secondary N) is 2. The monoisotopic (exact) mass is 298 g/mol. The molecule has 0 aliphatic rings. The molecule has 1 rings (SSSR count). The van der Waals surface area contributed by atoms with Gasteiger partial charge in [-0.1, -0.05) is 35.0 Å². The van der Waals surface area contributed by atoms with E-state index < -0.39 is 0 Å². The minimum Gasteiger partial charge on any atom is -0.349 e. The Bertz CT molecular complexity index is 364. The molecular formula is C13H19BrN2O. The summed E-state index contributed by atoms with van der Waals surface area (Å²) in [4.78, 5) is 11.8. The second-order valence-corrected chi connectivity index (χ2v) is 5.16. The zero-order valence-electron chi connectivity index (χ0n) is 10.5. The van der Waals surface area contributed by atoms with Gasteiger partial charge in [0, 0.05) is 16.9 Å². The number of carbonyl (C=O) groups excluding carboxylic acids is 1. The lowest BCUT2D eigenvalue weighted by Gasteiger charge is -2.17. The molecule has 0 saturated heterocycles. The van der Waals surface area contributed by atoms with E-state index in [1.807, 2.05) is 45.2 Å². The lowest BCUT2D eigenvalue weighted by atomic mass is 10.1. The Morgan fingerprint density at radius 3 is 2.41 bits per heavy atom. The molecule has 1 amide bonds. The third kappa shape index (κ3) is 4.48. The molecule has 1 unspecified atom stereocenters. The molecular weight excluding hydrogens is 280 g/mol. The minimum absolute atomic E-state index is 0.0158. The van der Waals surface area contributed by atoms with Crippen LogP contribution in [0.4, 0.5) is 0 Å². The summed E-state index contributed by atoms with van der Waals surface area (Å²) >= 11 is 3.39. The van der Waals surface area contributed by atoms with Crippen molar-refractivity contribution in [1.29, 1.82) is 0 Å². The number of benzene rings is 1. The molecule has 0 radical (unpaired) electrons. The Kier molecular flexibility index (Phi) is 5.65. The van der Waals surface area contributed by atoms with Crippen molar-refractivity contribution in [1.82, 2.24) is 10.6 Å². The molecule has 0 spiro atoms. The second kappa shape index (κ2) is 6.77. The highest BCUT2D eigenvalue weighted by Gasteiger charge is 2.15. The minimum atomic E-state index is -0.0158. The van der Waals surface area contributed by atoms with Crippen LogP contribution in [0.3, 0.4) is 0 Å². The number of amides is 1. The summed E-state index contributed by atoms with van der Waals surface area (Å²) in [6.45, 7) is 4.60. The first kappa shape index (κ1) is 14.2. The lowest BCUT2D eigenvalue weighted by molar-refractivity contribution is -0.125. The molecule has 0 bridgehead atoms. The average Bonchev–Trinajstić information content (AvgIpc) is 2.30. The Morgan fingerprint density at radius 1 is 1.29 bits per heavy atom. The van der Waals surface area contributed by atoms with Crippen LogP contribution in [0.15, 0.2) is 28.7 Å². The SMILES string of the molecule is CNCC(C)C(=O)N[C@@H](C)c1ccc(Br)cc1. The summed E-state index contributed by atoms with van der Waals surface area (Å²) in [6.07, 6.45) is 0. The van der Waals surface area contributed by atoms with E-state index in [4.69, 9.17) is 0 Å². The smallest absolute Gasteiger partial charge is 0.224 e. The van der Waals surface area contributed by atoms with Crippen LogP contribution in [0.2, 0.25) is 0 Å². The molecule has 0 aliphatic carbocycles. The summed E-state index contributed by atoms with van der Waals surface area (Å²) < 4.78 is 1.04. The maximum Gasteiger partial charge on any atom is 0.224 e. The predicted molar refractivity (Wildman–Crippen MR) is 73.8 cm³/mol. The highest BCUT2D eigenvalue weighted by atomic mass is 79.9. The third-order valence-electron chi connectivity index (χ3n) is 2.69. The first-order valence-electron chi connectivity index (χ1n) is 5.75. The van der Waals surface area contributed by atoms with Gasteiger partial charge in [0.1, 0.15) is 0 Å². The van der Waals surface area contributed by atoms with E-state index in [2.05, 4.69) is 26.6 Å². The van der Waals surface area contributed by atoms with Crippen molar-refractivity contribution in [2.45, 2.75) is 19.9 Å². The van der Waals surface area contributed by atoms with Gasteiger partial charge in [-0.05, 0) is 31.7 Å². The van der Waals surface area contributed by atoms with Gasteiger partial charge in [0.25, 0.3) is 0 Å². The number of carbonyl (C=O) groups is 1. The second-order valence-electron chi connectivity index (χ2n) is 4.24. The van der Waals surface area contributed by atoms with E-state index >= 15 is 0 Å². The number of rotatable bonds is 5. The number of halogens is 1. The molecule has 4 heteroatoms. The van der Waals surface area contributed by atoms with E-state index in [1.54, 1.807) is 0 Å². The molecule has 2 N–H and O–H groups in total. The van der Waals surface area contributed by atoms with Crippen LogP contribution in [0.25, 0.3) is 0 Å². The third-order valence-corrected chi connectivity index (χ3v) is 3.22. The van der Waals surface area contributed by atoms with Crippen LogP contribution in [0, 0.1) is 5.92 Å². The van der Waals surface area contributed by atoms with Gasteiger partial charge in [-0.2, -0.15) is 0 Å². The van der Waals surface area contributed by atoms with E-state index in [0.29, 0.717) is 6.54 Å². The van der Waals surface area contributed by atoms with Crippen molar-refractivity contribution in [2.24, 2.45) is 5.92 Å². The first-order valence-corrected chi connectivity index (χ1v) is 6.54. The zero-order chi connectivity index (χ0) is 12.8. The molecule has 0 aromatic heterocycles. The molecule has 1 aromatic rings. The van der Waals surface area contributed by atoms with Crippen molar-refractivity contribution in [3.8, 4) is 0 Å². The van der Waals surface area contributed by atoms with E-state index in [9.17, 15) is 4.79 Å². The van der Waals surface area contributed by atoms with Crippen LogP contribution in [-0.4, -0.2) is 19.5 Å². The Morgan fingerprint density at radius 2 is 1.88 bits per heavy atom. The van der Waals surface area contributed by atoms with Crippen LogP contribution in [0.5, 0.6) is 0 Å². The normalized spacial score (nSPS) is 14.1. The van der Waals surface area contributed by atoms with Gasteiger partial charge in [0.15, 0.2) is 0 Å². The quantitative estimate of drug-likeness (QED) is 0.877. The van der Waals surface area contributed by atoms with E-state index in [0.717, 1.165) is 10.0 Å². The molecule has 17 heavy (non-hydrogen) atoms. The highest BCUT2D eigenvalue weighted by molar-refractivity contribution is 9.10. The van der Waals surface area contributed by atoms with Gasteiger partial charge < -0.3 is 10.6 Å². The largest absolute Gasteiger partial charge is 0.349 e. The Hall–Kier alpha value is -0.870. The molecule has 94 valence electrons. The van der Waals surface area contributed by atoms with Gasteiger partial charge in [-0.25, -0.2) is 0 Å². The average molecular weight is 299 g/mol. The summed E-state index contributed by atoms with van der Waals surface area (Å²) in [5.41, 5.74) is 1.11. The van der Waals surface area contributed by atoms with Gasteiger partial charge in [0.05, 0.1) is 6.04 Å². The fourth-order valence-corrected chi connectivity index (χ4v) is 1.85. The topological polar surface area (TPSA) is 41.1 Å². The molecule has 2 atom stereocenters. The standard InChI is InChI=1S/C13H19BrN2O/c1-9(8-15-3)13(17)16-10(2)11-4-6-12(14)7-5-11/h4-7,9-10,15H,8H2,1-3H3,(H,16,17)/t9?,10-/m0/s1. The van der Waals surface area contributed by atoms with Crippen LogP contribution >= 0.6 is 15.9 Å². The van der Waals surface area contributed by atoms with Crippen molar-refractivity contribution in [2.75, 3.05) is 13.6 Å². The Labute approximate surface area is 111 Å². The number of hydrogen-bond donors (Lipinski definition) is 2. The summed E-state index contributed by atoms with van der Waals surface area (Å²) in [5.74, 6) is 0.0627. The van der Waals surface area contributed by atoms with Gasteiger partial charge >= 0.3 is 0 Å². The number of hydrogen-bond acceptors (Lipinski definition) is 2. The van der Waals surface area contributed by atoms with Crippen LogP contribution < -0.4 is 10.6 Å². The van der Waals surface area contributed by atoms with Gasteiger partial charge in [-0.15, -0.1) is 0 Å². The lowest BCUT2D eigenvalue weighted by Crippen LogP contribution is -2.35. The van der Waals surface area contributed by atoms with Crippen molar-refractivity contribution >= 4 is 21.8 Å². The molecule has 3 nitrogen and oxygen atoms in total. The maximum atomic E-state index is 11.8. The van der Waals surface area contributed by atoms with Crippen molar-refractivity contribution in [3.63, 3.8) is 0 Å². The van der Waals surface area contributed by atoms with Crippen molar-refractivity contribution in [3.05, 3.63) is 34.3 Å². The van der Waals surface area contributed by atoms with E-state index in [1.165, 1.54) is 0 Å². The van der Waals surface area contributed by atoms with Crippen molar-refractivity contribution < 1.29 is 4.79 Å². The van der Waals surface area contributed by atoms with Gasteiger partial charge in [0.2, 0.25) is 5.91 Å².